The first kappa shape index (κ1) is 11.5. The fourth-order valence-corrected chi connectivity index (χ4v) is 2.18. The number of hydrogen-bond acceptors (Lipinski definition) is 3. The molecule has 1 aromatic rings. The number of rotatable bonds is 4. The van der Waals surface area contributed by atoms with Gasteiger partial charge in [0.2, 0.25) is 0 Å². The van der Waals surface area contributed by atoms with Crippen LogP contribution in [0.3, 0.4) is 0 Å². The second kappa shape index (κ2) is 4.77. The van der Waals surface area contributed by atoms with Gasteiger partial charge in [-0.15, -0.1) is 0 Å². The first-order valence-corrected chi connectivity index (χ1v) is 6.10. The van der Waals surface area contributed by atoms with E-state index in [1.807, 2.05) is 0 Å². The Labute approximate surface area is 88.8 Å². The van der Waals surface area contributed by atoms with Crippen LogP contribution >= 0.6 is 11.6 Å². The third kappa shape index (κ3) is 3.65. The van der Waals surface area contributed by atoms with Crippen molar-refractivity contribution in [3.05, 3.63) is 34.9 Å². The lowest BCUT2D eigenvalue weighted by molar-refractivity contribution is 0.337. The Balaban J connectivity index is 2.74. The van der Waals surface area contributed by atoms with Crippen LogP contribution in [-0.2, 0) is 20.1 Å². The van der Waals surface area contributed by atoms with Crippen molar-refractivity contribution in [1.29, 1.82) is 0 Å². The Hall–Kier alpha value is -0.580. The van der Waals surface area contributed by atoms with E-state index in [0.29, 0.717) is 10.6 Å². The van der Waals surface area contributed by atoms with Gasteiger partial charge in [-0.2, -0.15) is 8.42 Å². The van der Waals surface area contributed by atoms with Crippen LogP contribution in [0.5, 0.6) is 0 Å². The molecule has 0 unspecified atom stereocenters. The standard InChI is InChI=1S/C9H11ClO3S/c1-2-13-14(11,12)7-8-3-5-9(10)6-4-8/h3-6H,2,7H2,1H3. The van der Waals surface area contributed by atoms with E-state index in [2.05, 4.69) is 4.18 Å². The largest absolute Gasteiger partial charge is 0.271 e. The van der Waals surface area contributed by atoms with Gasteiger partial charge >= 0.3 is 0 Å². The van der Waals surface area contributed by atoms with Crippen molar-refractivity contribution in [1.82, 2.24) is 0 Å². The average molecular weight is 235 g/mol. The van der Waals surface area contributed by atoms with Crippen molar-refractivity contribution in [2.24, 2.45) is 0 Å². The highest BCUT2D eigenvalue weighted by Gasteiger charge is 2.10. The Bertz CT molecular complexity index is 383. The maximum atomic E-state index is 11.2. The Morgan fingerprint density at radius 2 is 1.86 bits per heavy atom. The average Bonchev–Trinajstić information content (AvgIpc) is 2.08. The number of benzene rings is 1. The topological polar surface area (TPSA) is 43.4 Å². The summed E-state index contributed by atoms with van der Waals surface area (Å²) in [5.41, 5.74) is 0.669. The van der Waals surface area contributed by atoms with Gasteiger partial charge in [-0.25, -0.2) is 0 Å². The smallest absolute Gasteiger partial charge is 0.270 e. The van der Waals surface area contributed by atoms with Gasteiger partial charge in [0.15, 0.2) is 0 Å². The molecular formula is C9H11ClO3S. The fourth-order valence-electron chi connectivity index (χ4n) is 1.01. The van der Waals surface area contributed by atoms with E-state index in [4.69, 9.17) is 11.6 Å². The molecule has 0 bridgehead atoms. The van der Waals surface area contributed by atoms with Crippen molar-refractivity contribution >= 4 is 21.7 Å². The molecule has 0 amide bonds. The highest BCUT2D eigenvalue weighted by Crippen LogP contribution is 2.12. The maximum absolute atomic E-state index is 11.2. The molecule has 0 N–H and O–H groups in total. The number of halogens is 1. The van der Waals surface area contributed by atoms with Gasteiger partial charge < -0.3 is 0 Å². The monoisotopic (exact) mass is 234 g/mol. The summed E-state index contributed by atoms with van der Waals surface area (Å²) >= 11 is 5.66. The summed E-state index contributed by atoms with van der Waals surface area (Å²) in [6.07, 6.45) is 0. The molecule has 3 nitrogen and oxygen atoms in total. The van der Waals surface area contributed by atoms with E-state index in [1.54, 1.807) is 31.2 Å². The molecule has 0 aliphatic carbocycles. The van der Waals surface area contributed by atoms with Gasteiger partial charge in [-0.1, -0.05) is 23.7 Å². The molecule has 0 saturated carbocycles. The summed E-state index contributed by atoms with van der Waals surface area (Å²) in [6, 6.07) is 6.63. The van der Waals surface area contributed by atoms with Crippen molar-refractivity contribution in [2.45, 2.75) is 12.7 Å². The summed E-state index contributed by atoms with van der Waals surface area (Å²) in [5.74, 6) is -0.113. The zero-order chi connectivity index (χ0) is 10.6. The highest BCUT2D eigenvalue weighted by atomic mass is 35.5. The Morgan fingerprint density at radius 1 is 1.29 bits per heavy atom. The van der Waals surface area contributed by atoms with Crippen molar-refractivity contribution < 1.29 is 12.6 Å². The van der Waals surface area contributed by atoms with Crippen LogP contribution in [0.1, 0.15) is 12.5 Å². The lowest BCUT2D eigenvalue weighted by Gasteiger charge is -2.03. The van der Waals surface area contributed by atoms with Crippen LogP contribution in [0.2, 0.25) is 5.02 Å². The van der Waals surface area contributed by atoms with Crippen molar-refractivity contribution in [2.75, 3.05) is 6.61 Å². The summed E-state index contributed by atoms with van der Waals surface area (Å²) < 4.78 is 27.1. The molecule has 0 atom stereocenters. The third-order valence-electron chi connectivity index (χ3n) is 1.55. The molecule has 0 heterocycles. The van der Waals surface area contributed by atoms with Crippen LogP contribution in [0.25, 0.3) is 0 Å². The minimum atomic E-state index is -3.44. The molecule has 0 aliphatic rings. The zero-order valence-electron chi connectivity index (χ0n) is 7.73. The molecule has 14 heavy (non-hydrogen) atoms. The Kier molecular flexibility index (Phi) is 3.92. The zero-order valence-corrected chi connectivity index (χ0v) is 9.31. The van der Waals surface area contributed by atoms with E-state index in [0.717, 1.165) is 0 Å². The fraction of sp³-hybridized carbons (Fsp3) is 0.333. The molecule has 0 aliphatic heterocycles. The maximum Gasteiger partial charge on any atom is 0.271 e. The molecule has 78 valence electrons. The van der Waals surface area contributed by atoms with Crippen LogP contribution in [0, 0.1) is 0 Å². The summed E-state index contributed by atoms with van der Waals surface area (Å²) in [7, 11) is -3.44. The summed E-state index contributed by atoms with van der Waals surface area (Å²) in [6.45, 7) is 1.80. The molecule has 1 rings (SSSR count). The Morgan fingerprint density at radius 3 is 2.36 bits per heavy atom. The first-order valence-electron chi connectivity index (χ1n) is 4.15. The first-order chi connectivity index (χ1) is 6.53. The van der Waals surface area contributed by atoms with Crippen molar-refractivity contribution in [3.63, 3.8) is 0 Å². The molecular weight excluding hydrogens is 224 g/mol. The third-order valence-corrected chi connectivity index (χ3v) is 3.09. The van der Waals surface area contributed by atoms with E-state index in [9.17, 15) is 8.42 Å². The molecule has 0 fully saturated rings. The van der Waals surface area contributed by atoms with Gasteiger partial charge in [0.25, 0.3) is 10.1 Å². The molecule has 5 heteroatoms. The minimum Gasteiger partial charge on any atom is -0.270 e. The molecule has 1 aromatic carbocycles. The van der Waals surface area contributed by atoms with Gasteiger partial charge in [-0.05, 0) is 24.6 Å². The van der Waals surface area contributed by atoms with Crippen LogP contribution in [-0.4, -0.2) is 15.0 Å². The van der Waals surface area contributed by atoms with Crippen LogP contribution < -0.4 is 0 Å². The summed E-state index contributed by atoms with van der Waals surface area (Å²) in [4.78, 5) is 0. The van der Waals surface area contributed by atoms with E-state index < -0.39 is 10.1 Å². The van der Waals surface area contributed by atoms with Gasteiger partial charge in [-0.3, -0.25) is 4.18 Å². The molecule has 0 aromatic heterocycles. The van der Waals surface area contributed by atoms with Gasteiger partial charge in [0.1, 0.15) is 5.75 Å². The molecule has 0 saturated heterocycles. The second-order valence-electron chi connectivity index (χ2n) is 2.74. The predicted molar refractivity (Wildman–Crippen MR) is 55.7 cm³/mol. The summed E-state index contributed by atoms with van der Waals surface area (Å²) in [5, 5.41) is 0.586. The van der Waals surface area contributed by atoms with Crippen molar-refractivity contribution in [3.8, 4) is 0 Å². The minimum absolute atomic E-state index is 0.113. The lowest BCUT2D eigenvalue weighted by Crippen LogP contribution is -2.08. The van der Waals surface area contributed by atoms with E-state index in [1.165, 1.54) is 0 Å². The second-order valence-corrected chi connectivity index (χ2v) is 4.81. The van der Waals surface area contributed by atoms with Gasteiger partial charge in [0.05, 0.1) is 6.61 Å². The lowest BCUT2D eigenvalue weighted by atomic mass is 10.2. The van der Waals surface area contributed by atoms with E-state index >= 15 is 0 Å². The van der Waals surface area contributed by atoms with E-state index in [-0.39, 0.29) is 12.4 Å². The van der Waals surface area contributed by atoms with Crippen LogP contribution in [0.15, 0.2) is 24.3 Å². The quantitative estimate of drug-likeness (QED) is 0.751. The van der Waals surface area contributed by atoms with Crippen LogP contribution in [0.4, 0.5) is 0 Å². The molecule has 0 spiro atoms. The van der Waals surface area contributed by atoms with Gasteiger partial charge in [0, 0.05) is 5.02 Å². The number of hydrogen-bond donors (Lipinski definition) is 0. The predicted octanol–water partition coefficient (Wildman–Crippen LogP) is 2.21. The highest BCUT2D eigenvalue weighted by molar-refractivity contribution is 7.85. The SMILES string of the molecule is CCOS(=O)(=O)Cc1ccc(Cl)cc1. The molecule has 0 radical (unpaired) electrons. The normalized spacial score (nSPS) is 11.6.